The van der Waals surface area contributed by atoms with Crippen molar-refractivity contribution in [1.29, 1.82) is 0 Å². The first kappa shape index (κ1) is 26.8. The van der Waals surface area contributed by atoms with Crippen LogP contribution in [-0.4, -0.2) is 54.6 Å². The van der Waals surface area contributed by atoms with Crippen molar-refractivity contribution in [2.75, 3.05) is 11.4 Å². The molecule has 0 saturated heterocycles. The quantitative estimate of drug-likeness (QED) is 0.225. The fraction of sp³-hybridized carbons (Fsp3) is 0.136. The Kier molecular flexibility index (Phi) is 6.75. The number of rotatable bonds is 8. The van der Waals surface area contributed by atoms with Gasteiger partial charge in [-0.1, -0.05) is 0 Å². The third-order valence-corrected chi connectivity index (χ3v) is 6.99. The second-order valence-electron chi connectivity index (χ2n) is 8.08. The van der Waals surface area contributed by atoms with Crippen molar-refractivity contribution in [3.05, 3.63) is 59.8 Å². The Bertz CT molecular complexity index is 1770. The van der Waals surface area contributed by atoms with Crippen LogP contribution in [0.15, 0.2) is 68.1 Å². The summed E-state index contributed by atoms with van der Waals surface area (Å²) in [7, 11) is -9.12. The van der Waals surface area contributed by atoms with Crippen LogP contribution in [0, 0.1) is 0 Å². The Morgan fingerprint density at radius 1 is 0.974 bits per heavy atom. The van der Waals surface area contributed by atoms with Gasteiger partial charge in [-0.25, -0.2) is 4.79 Å². The van der Waals surface area contributed by atoms with Gasteiger partial charge in [-0.3, -0.25) is 18.8 Å². The average Bonchev–Trinajstić information content (AvgIpc) is 3.28. The summed E-state index contributed by atoms with van der Waals surface area (Å²) in [5.74, 6) is -2.40. The van der Waals surface area contributed by atoms with Crippen molar-refractivity contribution in [2.45, 2.75) is 23.3 Å². The van der Waals surface area contributed by atoms with Crippen LogP contribution < -0.4 is 14.2 Å². The molecule has 4 N–H and O–H groups in total. The van der Waals surface area contributed by atoms with Crippen LogP contribution in [0.25, 0.3) is 17.2 Å². The molecule has 4 rings (SSSR count). The molecule has 0 aliphatic carbocycles. The number of allylic oxidation sites excluding steroid dienone is 2. The molecule has 16 heteroatoms. The van der Waals surface area contributed by atoms with Crippen LogP contribution in [0.2, 0.25) is 0 Å². The molecule has 2 aromatic carbocycles. The normalized spacial score (nSPS) is 15.1. The molecule has 0 saturated carbocycles. The van der Waals surface area contributed by atoms with Gasteiger partial charge in [0.2, 0.25) is 18.0 Å². The Morgan fingerprint density at radius 3 is 2.21 bits per heavy atom. The molecule has 0 spiro atoms. The van der Waals surface area contributed by atoms with E-state index in [1.165, 1.54) is 28.9 Å². The highest BCUT2D eigenvalue weighted by molar-refractivity contribution is 7.86. The van der Waals surface area contributed by atoms with Crippen LogP contribution in [0.4, 0.5) is 5.69 Å². The molecular weight excluding hydrogens is 548 g/mol. The van der Waals surface area contributed by atoms with Crippen molar-refractivity contribution in [3.63, 3.8) is 0 Å². The van der Waals surface area contributed by atoms with Gasteiger partial charge in [-0.05, 0) is 36.8 Å². The van der Waals surface area contributed by atoms with Gasteiger partial charge < -0.3 is 19.4 Å². The van der Waals surface area contributed by atoms with E-state index in [2.05, 4.69) is 0 Å². The molecule has 2 heterocycles. The molecule has 1 aliphatic heterocycles. The smallest absolute Gasteiger partial charge is 0.374 e. The van der Waals surface area contributed by atoms with E-state index in [4.69, 9.17) is 9.15 Å². The highest BCUT2D eigenvalue weighted by atomic mass is 32.2. The van der Waals surface area contributed by atoms with E-state index in [1.807, 2.05) is 0 Å². The monoisotopic (exact) mass is 567 g/mol. The van der Waals surface area contributed by atoms with E-state index in [9.17, 15) is 45.7 Å². The Hall–Kier alpha value is -4.25. The lowest BCUT2D eigenvalue weighted by molar-refractivity contribution is -0.666. The Labute approximate surface area is 214 Å². The molecule has 38 heavy (non-hydrogen) atoms. The zero-order chi connectivity index (χ0) is 28.0. The minimum Gasteiger partial charge on any atom is -0.480 e. The summed E-state index contributed by atoms with van der Waals surface area (Å²) < 4.78 is 77.3. The standard InChI is InChI=1S/C22H18N2O12S2/c1-12(6-19-23(10-21(25)26)15-4-2-14(38(32,33)34)9-18(15)36-19)7-20-24(11-22(27)28)16-8-13(37(29,30)31)3-5-17(16)35-20/h2-9H,10-11H2,1H3,(H3-,25,26,27,28,29,30,31,32,33,34)/p+1. The maximum Gasteiger partial charge on any atom is 0.374 e. The van der Waals surface area contributed by atoms with E-state index in [0.717, 1.165) is 29.2 Å². The highest BCUT2D eigenvalue weighted by Crippen LogP contribution is 2.40. The number of carboxylic acid groups (broad SMARTS) is 2. The minimum absolute atomic E-state index is 0.0156. The largest absolute Gasteiger partial charge is 0.480 e. The van der Waals surface area contributed by atoms with Gasteiger partial charge >= 0.3 is 17.8 Å². The van der Waals surface area contributed by atoms with Crippen LogP contribution in [0.5, 0.6) is 5.75 Å². The summed E-state index contributed by atoms with van der Waals surface area (Å²) in [5.41, 5.74) is 0.638. The van der Waals surface area contributed by atoms with Crippen molar-refractivity contribution >= 4 is 55.0 Å². The Morgan fingerprint density at radius 2 is 1.61 bits per heavy atom. The maximum atomic E-state index is 11.5. The topological polar surface area (TPSA) is 213 Å². The number of fused-ring (bicyclic) bond motifs is 2. The summed E-state index contributed by atoms with van der Waals surface area (Å²) in [6.45, 7) is 0.381. The number of oxazole rings is 1. The highest BCUT2D eigenvalue weighted by Gasteiger charge is 2.30. The molecule has 0 unspecified atom stereocenters. The lowest BCUT2D eigenvalue weighted by atomic mass is 10.2. The number of aliphatic carboxylic acids is 2. The summed E-state index contributed by atoms with van der Waals surface area (Å²) >= 11 is 0. The average molecular weight is 568 g/mol. The van der Waals surface area contributed by atoms with E-state index in [1.54, 1.807) is 6.92 Å². The van der Waals surface area contributed by atoms with Gasteiger partial charge in [0.1, 0.15) is 6.54 Å². The molecule has 200 valence electrons. The van der Waals surface area contributed by atoms with Gasteiger partial charge in [-0.15, -0.1) is 4.57 Å². The first-order valence-corrected chi connectivity index (χ1v) is 13.4. The van der Waals surface area contributed by atoms with Gasteiger partial charge in [0.05, 0.1) is 21.6 Å². The second kappa shape index (κ2) is 9.56. The minimum atomic E-state index is -4.57. The predicted molar refractivity (Wildman–Crippen MR) is 127 cm³/mol. The molecule has 0 fully saturated rings. The summed E-state index contributed by atoms with van der Waals surface area (Å²) in [6, 6.07) is 6.78. The number of nitrogens with zero attached hydrogens (tertiary/aromatic N) is 2. The number of benzene rings is 2. The third kappa shape index (κ3) is 5.52. The molecule has 0 amide bonds. The molecular formula is C22H19N2O12S2+. The van der Waals surface area contributed by atoms with Gasteiger partial charge in [0.15, 0.2) is 5.75 Å². The molecule has 0 radical (unpaired) electrons. The SMILES string of the molecule is CC(=Cc1oc2cc(S(=O)(=O)O)ccc2[n+]1CC(=O)O)C=C1Oc2ccc(S(=O)(=O)O)cc2N1CC(=O)O. The first-order chi connectivity index (χ1) is 17.6. The third-order valence-electron chi connectivity index (χ3n) is 5.29. The van der Waals surface area contributed by atoms with Crippen molar-refractivity contribution in [2.24, 2.45) is 0 Å². The zero-order valence-corrected chi connectivity index (χ0v) is 20.9. The van der Waals surface area contributed by atoms with Crippen molar-refractivity contribution < 1.29 is 59.5 Å². The first-order valence-electron chi connectivity index (χ1n) is 10.5. The van der Waals surface area contributed by atoms with E-state index in [0.29, 0.717) is 5.57 Å². The summed E-state index contributed by atoms with van der Waals surface area (Å²) in [6.07, 6.45) is 2.77. The summed E-state index contributed by atoms with van der Waals surface area (Å²) in [5, 5.41) is 18.7. The fourth-order valence-corrected chi connectivity index (χ4v) is 4.73. The molecule has 1 aromatic heterocycles. The summed E-state index contributed by atoms with van der Waals surface area (Å²) in [4.78, 5) is 23.2. The zero-order valence-electron chi connectivity index (χ0n) is 19.3. The van der Waals surface area contributed by atoms with E-state index >= 15 is 0 Å². The fourth-order valence-electron chi connectivity index (χ4n) is 3.73. The predicted octanol–water partition coefficient (Wildman–Crippen LogP) is 1.53. The van der Waals surface area contributed by atoms with Crippen LogP contribution in [0.3, 0.4) is 0 Å². The van der Waals surface area contributed by atoms with E-state index < -0.39 is 55.1 Å². The van der Waals surface area contributed by atoms with Gasteiger partial charge in [0, 0.05) is 18.2 Å². The number of carboxylic acids is 2. The number of hydrogen-bond donors (Lipinski definition) is 4. The number of aromatic nitrogens is 1. The lowest BCUT2D eigenvalue weighted by Gasteiger charge is -2.16. The van der Waals surface area contributed by atoms with Gasteiger partial charge in [-0.2, -0.15) is 16.8 Å². The number of ether oxygens (including phenoxy) is 1. The molecule has 1 aliphatic rings. The van der Waals surface area contributed by atoms with Crippen LogP contribution >= 0.6 is 0 Å². The van der Waals surface area contributed by atoms with Crippen LogP contribution in [0.1, 0.15) is 12.8 Å². The second-order valence-corrected chi connectivity index (χ2v) is 10.9. The molecule has 0 bridgehead atoms. The van der Waals surface area contributed by atoms with E-state index in [-0.39, 0.29) is 34.3 Å². The maximum absolute atomic E-state index is 11.5. The number of anilines is 1. The molecule has 3 aromatic rings. The Balaban J connectivity index is 1.79. The van der Waals surface area contributed by atoms with Crippen molar-refractivity contribution in [1.82, 2.24) is 0 Å². The number of carbonyl (C=O) groups is 2. The molecule has 14 nitrogen and oxygen atoms in total. The lowest BCUT2D eigenvalue weighted by Crippen LogP contribution is -2.39. The van der Waals surface area contributed by atoms with Crippen molar-refractivity contribution in [3.8, 4) is 5.75 Å². The molecule has 0 atom stereocenters. The van der Waals surface area contributed by atoms with Crippen LogP contribution in [-0.2, 0) is 36.4 Å². The number of hydrogen-bond acceptors (Lipinski definition) is 9. The van der Waals surface area contributed by atoms with Gasteiger partial charge in [0.25, 0.3) is 25.8 Å².